The van der Waals surface area contributed by atoms with E-state index in [1.165, 1.54) is 44.5 Å². The van der Waals surface area contributed by atoms with Crippen LogP contribution in [0.2, 0.25) is 0 Å². The molecule has 5 heteroatoms. The molecular formula is C43H52IrNO3-. The van der Waals surface area contributed by atoms with E-state index in [0.29, 0.717) is 11.8 Å². The molecule has 2 aromatic heterocycles. The van der Waals surface area contributed by atoms with Gasteiger partial charge in [0.05, 0.1) is 16.9 Å². The number of benzene rings is 3. The van der Waals surface area contributed by atoms with Crippen molar-refractivity contribution in [2.24, 2.45) is 11.8 Å². The van der Waals surface area contributed by atoms with Gasteiger partial charge in [-0.1, -0.05) is 128 Å². The van der Waals surface area contributed by atoms with Crippen LogP contribution in [0.5, 0.6) is 0 Å². The quantitative estimate of drug-likeness (QED) is 0.0914. The summed E-state index contributed by atoms with van der Waals surface area (Å²) in [4.78, 5) is 16.9. The number of aliphatic hydroxyl groups excluding tert-OH is 1. The van der Waals surface area contributed by atoms with Gasteiger partial charge in [0.1, 0.15) is 5.58 Å². The monoisotopic (exact) mass is 823 g/mol. The van der Waals surface area contributed by atoms with E-state index in [9.17, 15) is 9.90 Å². The van der Waals surface area contributed by atoms with Gasteiger partial charge in [-0.3, -0.25) is 9.78 Å². The predicted octanol–water partition coefficient (Wildman–Crippen LogP) is 12.4. The summed E-state index contributed by atoms with van der Waals surface area (Å²) in [5, 5.41) is 13.4. The van der Waals surface area contributed by atoms with Crippen LogP contribution in [0.3, 0.4) is 0 Å². The van der Waals surface area contributed by atoms with Gasteiger partial charge in [-0.2, -0.15) is 0 Å². The summed E-state index contributed by atoms with van der Waals surface area (Å²) in [6.45, 7) is 21.6. The van der Waals surface area contributed by atoms with Crippen molar-refractivity contribution in [1.29, 1.82) is 0 Å². The first kappa shape index (κ1) is 37.5. The Morgan fingerprint density at radius 1 is 0.854 bits per heavy atom. The number of hydrogen-bond acceptors (Lipinski definition) is 4. The molecule has 0 spiro atoms. The van der Waals surface area contributed by atoms with Crippen LogP contribution < -0.4 is 0 Å². The first-order chi connectivity index (χ1) is 22.4. The maximum absolute atomic E-state index is 11.7. The number of aliphatic hydroxyl groups is 1. The molecule has 0 unspecified atom stereocenters. The number of allylic oxidation sites excluding steroid dienone is 2. The van der Waals surface area contributed by atoms with Gasteiger partial charge in [0.2, 0.25) is 0 Å². The number of aromatic nitrogens is 1. The molecule has 0 fully saturated rings. The van der Waals surface area contributed by atoms with Gasteiger partial charge < -0.3 is 9.52 Å². The molecule has 1 aliphatic rings. The number of carbonyl (C=O) groups is 1. The van der Waals surface area contributed by atoms with Gasteiger partial charge in [-0.15, -0.1) is 17.7 Å². The maximum atomic E-state index is 11.7. The first-order valence-corrected chi connectivity index (χ1v) is 17.7. The third kappa shape index (κ3) is 6.66. The van der Waals surface area contributed by atoms with Crippen LogP contribution in [-0.4, -0.2) is 15.9 Å². The van der Waals surface area contributed by atoms with Crippen LogP contribution in [0.15, 0.2) is 64.8 Å². The van der Waals surface area contributed by atoms with E-state index >= 15 is 0 Å². The Bertz CT molecular complexity index is 1950. The van der Waals surface area contributed by atoms with E-state index in [1.807, 2.05) is 27.7 Å². The van der Waals surface area contributed by atoms with Crippen molar-refractivity contribution in [3.05, 3.63) is 88.7 Å². The van der Waals surface area contributed by atoms with E-state index in [4.69, 9.17) is 9.40 Å². The second-order valence-corrected chi connectivity index (χ2v) is 14.3. The van der Waals surface area contributed by atoms with Crippen molar-refractivity contribution in [3.8, 4) is 11.3 Å². The molecule has 257 valence electrons. The number of para-hydroxylation sites is 1. The minimum atomic E-state index is -0.220. The SMILES string of the molecule is CC(C)c1c[c-]c2c3c1oc1c(C(C)C)ccc(c13)C(C)(C)c1cc3ccccc3nc1-2.CCC(CC)C(=O)/C=C(\O)C(CC)CC.[Ir]. The van der Waals surface area contributed by atoms with Gasteiger partial charge in [0, 0.05) is 43.4 Å². The van der Waals surface area contributed by atoms with Crippen LogP contribution in [0.4, 0.5) is 0 Å². The van der Waals surface area contributed by atoms with Gasteiger partial charge in [0.15, 0.2) is 5.78 Å². The zero-order valence-corrected chi connectivity index (χ0v) is 32.8. The average Bonchev–Trinajstić information content (AvgIpc) is 3.41. The summed E-state index contributed by atoms with van der Waals surface area (Å²) in [6, 6.07) is 21.1. The Morgan fingerprint density at radius 2 is 1.46 bits per heavy atom. The molecule has 0 saturated carbocycles. The summed E-state index contributed by atoms with van der Waals surface area (Å²) in [5.41, 5.74) is 9.95. The molecule has 0 saturated heterocycles. The summed E-state index contributed by atoms with van der Waals surface area (Å²) in [6.07, 6.45) is 4.91. The number of pyridine rings is 1. The molecule has 0 bridgehead atoms. The molecule has 0 aliphatic heterocycles. The van der Waals surface area contributed by atoms with E-state index in [0.717, 1.165) is 53.6 Å². The number of fused-ring (bicyclic) bond motifs is 3. The fraction of sp³-hybridized carbons (Fsp3) is 0.442. The Kier molecular flexibility index (Phi) is 11.8. The fourth-order valence-corrected chi connectivity index (χ4v) is 7.25. The minimum Gasteiger partial charge on any atom is -0.512 e. The topological polar surface area (TPSA) is 63.3 Å². The van der Waals surface area contributed by atoms with Gasteiger partial charge in [-0.25, -0.2) is 0 Å². The van der Waals surface area contributed by atoms with Crippen molar-refractivity contribution in [2.45, 2.75) is 112 Å². The largest absolute Gasteiger partial charge is 0.512 e. The Balaban J connectivity index is 0.000000279. The molecule has 4 nitrogen and oxygen atoms in total. The zero-order chi connectivity index (χ0) is 34.2. The first-order valence-electron chi connectivity index (χ1n) is 17.7. The van der Waals surface area contributed by atoms with Crippen LogP contribution in [0, 0.1) is 17.9 Å². The zero-order valence-electron chi connectivity index (χ0n) is 30.4. The van der Waals surface area contributed by atoms with Crippen LogP contribution in [0.1, 0.15) is 129 Å². The molecule has 1 aliphatic carbocycles. The summed E-state index contributed by atoms with van der Waals surface area (Å²) in [5.74, 6) is 1.28. The van der Waals surface area contributed by atoms with Crippen LogP contribution in [0.25, 0.3) is 44.1 Å². The molecule has 1 radical (unpaired) electrons. The molecule has 0 amide bonds. The van der Waals surface area contributed by atoms with Crippen molar-refractivity contribution >= 4 is 38.6 Å². The van der Waals surface area contributed by atoms with Crippen molar-refractivity contribution in [1.82, 2.24) is 4.98 Å². The second kappa shape index (κ2) is 15.1. The Hall–Kier alpha value is -3.27. The van der Waals surface area contributed by atoms with Gasteiger partial charge >= 0.3 is 0 Å². The van der Waals surface area contributed by atoms with Gasteiger partial charge in [0.25, 0.3) is 0 Å². The van der Waals surface area contributed by atoms with E-state index < -0.39 is 0 Å². The van der Waals surface area contributed by atoms with Crippen molar-refractivity contribution < 1.29 is 34.4 Å². The number of hydrogen-bond donors (Lipinski definition) is 1. The third-order valence-corrected chi connectivity index (χ3v) is 10.4. The van der Waals surface area contributed by atoms with Crippen molar-refractivity contribution in [3.63, 3.8) is 0 Å². The summed E-state index contributed by atoms with van der Waals surface area (Å²) in [7, 11) is 0. The predicted molar refractivity (Wildman–Crippen MR) is 197 cm³/mol. The molecule has 3 aromatic carbocycles. The Morgan fingerprint density at radius 3 is 2.06 bits per heavy atom. The molecule has 1 N–H and O–H groups in total. The molecule has 5 aromatic rings. The fourth-order valence-electron chi connectivity index (χ4n) is 7.25. The third-order valence-electron chi connectivity index (χ3n) is 10.4. The van der Waals surface area contributed by atoms with Crippen LogP contribution in [-0.2, 0) is 30.3 Å². The number of nitrogens with zero attached hydrogens (tertiary/aromatic N) is 1. The van der Waals surface area contributed by atoms with Crippen LogP contribution >= 0.6 is 0 Å². The molecule has 6 rings (SSSR count). The maximum Gasteiger partial charge on any atom is 0.162 e. The number of furan rings is 1. The van der Waals surface area contributed by atoms with E-state index in [-0.39, 0.29) is 48.9 Å². The molecular weight excluding hydrogens is 771 g/mol. The van der Waals surface area contributed by atoms with Crippen molar-refractivity contribution in [2.75, 3.05) is 0 Å². The Labute approximate surface area is 300 Å². The minimum absolute atomic E-state index is 0. The summed E-state index contributed by atoms with van der Waals surface area (Å²) >= 11 is 0. The number of carbonyl (C=O) groups excluding carboxylic acids is 1. The molecule has 0 atom stereocenters. The normalized spacial score (nSPS) is 13.8. The molecule has 48 heavy (non-hydrogen) atoms. The number of ketones is 1. The summed E-state index contributed by atoms with van der Waals surface area (Å²) < 4.78 is 6.74. The van der Waals surface area contributed by atoms with E-state index in [2.05, 4.69) is 96.1 Å². The molecule has 2 heterocycles. The second-order valence-electron chi connectivity index (χ2n) is 14.3. The number of rotatable bonds is 9. The van der Waals surface area contributed by atoms with Gasteiger partial charge in [-0.05, 0) is 65.3 Å². The average molecular weight is 823 g/mol. The van der Waals surface area contributed by atoms with E-state index in [1.54, 1.807) is 0 Å². The smallest absolute Gasteiger partial charge is 0.162 e. The standard InChI is InChI=1S/C30H28NO.C13H24O2.Ir/c1-16(2)19-11-12-21-25-26-22(14-13-20(17(3)4)29(26)32-28(19)25)30(5,6)23-15-18-9-7-8-10-24(18)31-27(21)23;1-5-10(6-2)12(14)9-13(15)11(7-3)8-4;/h7-11,13-17H,1-6H3;9-11,14H,5-8H2,1-4H3;/q-1;;/b;12-9-;.